The summed E-state index contributed by atoms with van der Waals surface area (Å²) < 4.78 is 0. The van der Waals surface area contributed by atoms with Crippen molar-refractivity contribution in [1.29, 1.82) is 0 Å². The van der Waals surface area contributed by atoms with Gasteiger partial charge in [-0.3, -0.25) is 4.79 Å². The molecule has 1 unspecified atom stereocenters. The standard InChI is InChI=1S/C20H30N2O2/c1-3-4-13-21(2)17-8-6-16(7-9-17)19(24)22-14-10-18(23)15-20(22)11-5-12-20/h6-9,18,23H,3-5,10-15H2,1-2H3. The van der Waals surface area contributed by atoms with Gasteiger partial charge in [0.25, 0.3) is 5.91 Å². The Labute approximate surface area is 145 Å². The van der Waals surface area contributed by atoms with Crippen LogP contribution in [0.15, 0.2) is 24.3 Å². The molecule has 2 aliphatic rings. The van der Waals surface area contributed by atoms with Crippen LogP contribution in [0.5, 0.6) is 0 Å². The van der Waals surface area contributed by atoms with Crippen LogP contribution in [0.2, 0.25) is 0 Å². The van der Waals surface area contributed by atoms with Gasteiger partial charge in [0, 0.05) is 36.9 Å². The number of hydrogen-bond donors (Lipinski definition) is 1. The number of amides is 1. The molecular formula is C20H30N2O2. The zero-order valence-electron chi connectivity index (χ0n) is 15.0. The largest absolute Gasteiger partial charge is 0.393 e. The molecule has 1 aromatic rings. The van der Waals surface area contributed by atoms with Crippen molar-refractivity contribution in [3.8, 4) is 0 Å². The lowest BCUT2D eigenvalue weighted by atomic mass is 9.69. The van der Waals surface area contributed by atoms with E-state index in [2.05, 4.69) is 31.0 Å². The maximum atomic E-state index is 13.0. The van der Waals surface area contributed by atoms with E-state index in [0.29, 0.717) is 13.0 Å². The summed E-state index contributed by atoms with van der Waals surface area (Å²) in [4.78, 5) is 17.3. The van der Waals surface area contributed by atoms with Gasteiger partial charge in [-0.1, -0.05) is 13.3 Å². The van der Waals surface area contributed by atoms with Crippen LogP contribution in [0.3, 0.4) is 0 Å². The molecule has 4 heteroatoms. The Bertz CT molecular complexity index is 566. The molecule has 3 rings (SSSR count). The molecule has 0 bridgehead atoms. The highest BCUT2D eigenvalue weighted by molar-refractivity contribution is 5.95. The topological polar surface area (TPSA) is 43.8 Å². The predicted octanol–water partition coefficient (Wildman–Crippen LogP) is 3.44. The second-order valence-corrected chi connectivity index (χ2v) is 7.50. The Hall–Kier alpha value is -1.55. The maximum absolute atomic E-state index is 13.0. The number of carbonyl (C=O) groups is 1. The molecule has 1 heterocycles. The third kappa shape index (κ3) is 3.30. The molecule has 1 N–H and O–H groups in total. The first-order valence-corrected chi connectivity index (χ1v) is 9.37. The fourth-order valence-corrected chi connectivity index (χ4v) is 4.08. The fraction of sp³-hybridized carbons (Fsp3) is 0.650. The van der Waals surface area contributed by atoms with Crippen molar-refractivity contribution in [1.82, 2.24) is 4.90 Å². The lowest BCUT2D eigenvalue weighted by molar-refractivity contribution is -0.0484. The Balaban J connectivity index is 1.70. The van der Waals surface area contributed by atoms with Gasteiger partial charge in [-0.15, -0.1) is 0 Å². The van der Waals surface area contributed by atoms with Crippen LogP contribution >= 0.6 is 0 Å². The van der Waals surface area contributed by atoms with E-state index in [-0.39, 0.29) is 17.6 Å². The monoisotopic (exact) mass is 330 g/mol. The average molecular weight is 330 g/mol. The number of aliphatic hydroxyl groups excluding tert-OH is 1. The van der Waals surface area contributed by atoms with Crippen LogP contribution in [0.4, 0.5) is 5.69 Å². The van der Waals surface area contributed by atoms with Gasteiger partial charge in [0.05, 0.1) is 6.10 Å². The lowest BCUT2D eigenvalue weighted by Gasteiger charge is -2.54. The van der Waals surface area contributed by atoms with E-state index in [1.807, 2.05) is 17.0 Å². The maximum Gasteiger partial charge on any atom is 0.254 e. The molecule has 1 aliphatic heterocycles. The third-order valence-electron chi connectivity index (χ3n) is 5.81. The van der Waals surface area contributed by atoms with Crippen molar-refractivity contribution >= 4 is 11.6 Å². The first-order valence-electron chi connectivity index (χ1n) is 9.37. The van der Waals surface area contributed by atoms with Crippen LogP contribution in [-0.4, -0.2) is 47.7 Å². The number of piperidine rings is 1. The smallest absolute Gasteiger partial charge is 0.254 e. The summed E-state index contributed by atoms with van der Waals surface area (Å²) in [5.41, 5.74) is 1.85. The highest BCUT2D eigenvalue weighted by Gasteiger charge is 2.48. The molecule has 2 fully saturated rings. The molecule has 1 amide bonds. The lowest BCUT2D eigenvalue weighted by Crippen LogP contribution is -2.61. The van der Waals surface area contributed by atoms with Gasteiger partial charge in [-0.2, -0.15) is 0 Å². The van der Waals surface area contributed by atoms with E-state index >= 15 is 0 Å². The van der Waals surface area contributed by atoms with Crippen LogP contribution < -0.4 is 4.90 Å². The fourth-order valence-electron chi connectivity index (χ4n) is 4.08. The molecular weight excluding hydrogens is 300 g/mol. The normalized spacial score (nSPS) is 22.3. The molecule has 0 aromatic heterocycles. The number of anilines is 1. The summed E-state index contributed by atoms with van der Waals surface area (Å²) in [5, 5.41) is 10.0. The van der Waals surface area contributed by atoms with E-state index < -0.39 is 0 Å². The molecule has 4 nitrogen and oxygen atoms in total. The second-order valence-electron chi connectivity index (χ2n) is 7.50. The summed E-state index contributed by atoms with van der Waals surface area (Å²) in [6.07, 6.45) is 6.80. The molecule has 1 atom stereocenters. The Kier molecular flexibility index (Phi) is 5.14. The predicted molar refractivity (Wildman–Crippen MR) is 97.5 cm³/mol. The van der Waals surface area contributed by atoms with E-state index in [1.54, 1.807) is 0 Å². The summed E-state index contributed by atoms with van der Waals surface area (Å²) >= 11 is 0. The van der Waals surface area contributed by atoms with Gasteiger partial charge in [0.2, 0.25) is 0 Å². The highest BCUT2D eigenvalue weighted by Crippen LogP contribution is 2.45. The van der Waals surface area contributed by atoms with E-state index in [1.165, 1.54) is 12.8 Å². The summed E-state index contributed by atoms with van der Waals surface area (Å²) in [6.45, 7) is 3.91. The first kappa shape index (κ1) is 17.3. The molecule has 0 radical (unpaired) electrons. The number of carbonyl (C=O) groups excluding carboxylic acids is 1. The molecule has 24 heavy (non-hydrogen) atoms. The van der Waals surface area contributed by atoms with Crippen LogP contribution in [0, 0.1) is 0 Å². The Morgan fingerprint density at radius 2 is 2.04 bits per heavy atom. The summed E-state index contributed by atoms with van der Waals surface area (Å²) in [5.74, 6) is 0.129. The van der Waals surface area contributed by atoms with Gasteiger partial charge in [0.1, 0.15) is 0 Å². The zero-order chi connectivity index (χ0) is 17.2. The highest BCUT2D eigenvalue weighted by atomic mass is 16.3. The summed E-state index contributed by atoms with van der Waals surface area (Å²) in [7, 11) is 2.10. The van der Waals surface area contributed by atoms with Gasteiger partial charge < -0.3 is 14.9 Å². The first-order chi connectivity index (χ1) is 11.6. The van der Waals surface area contributed by atoms with Crippen molar-refractivity contribution in [2.75, 3.05) is 25.0 Å². The molecule has 1 aliphatic carbocycles. The second kappa shape index (κ2) is 7.14. The molecule has 1 aromatic carbocycles. The number of hydrogen-bond acceptors (Lipinski definition) is 3. The molecule has 1 spiro atoms. The number of benzene rings is 1. The van der Waals surface area contributed by atoms with Crippen LogP contribution in [0.25, 0.3) is 0 Å². The van der Waals surface area contributed by atoms with Crippen molar-refractivity contribution in [2.45, 2.75) is 63.5 Å². The van der Waals surface area contributed by atoms with Gasteiger partial charge >= 0.3 is 0 Å². The van der Waals surface area contributed by atoms with Crippen LogP contribution in [-0.2, 0) is 0 Å². The van der Waals surface area contributed by atoms with Gasteiger partial charge in [0.15, 0.2) is 0 Å². The van der Waals surface area contributed by atoms with E-state index in [9.17, 15) is 9.90 Å². The molecule has 1 saturated heterocycles. The van der Waals surface area contributed by atoms with E-state index in [4.69, 9.17) is 0 Å². The minimum absolute atomic E-state index is 0.0780. The van der Waals surface area contributed by atoms with Crippen molar-refractivity contribution in [3.63, 3.8) is 0 Å². The van der Waals surface area contributed by atoms with E-state index in [0.717, 1.165) is 43.5 Å². The SMILES string of the molecule is CCCCN(C)c1ccc(C(=O)N2CCC(O)CC23CCC3)cc1. The van der Waals surface area contributed by atoms with Crippen molar-refractivity contribution in [2.24, 2.45) is 0 Å². The number of rotatable bonds is 5. The molecule has 1 saturated carbocycles. The molecule has 132 valence electrons. The summed E-state index contributed by atoms with van der Waals surface area (Å²) in [6, 6.07) is 8.01. The van der Waals surface area contributed by atoms with Crippen molar-refractivity contribution in [3.05, 3.63) is 29.8 Å². The van der Waals surface area contributed by atoms with Crippen molar-refractivity contribution < 1.29 is 9.90 Å². The third-order valence-corrected chi connectivity index (χ3v) is 5.81. The minimum atomic E-state index is -0.246. The zero-order valence-corrected chi connectivity index (χ0v) is 15.0. The number of aliphatic hydroxyl groups is 1. The Morgan fingerprint density at radius 3 is 2.62 bits per heavy atom. The van der Waals surface area contributed by atoms with Gasteiger partial charge in [-0.25, -0.2) is 0 Å². The quantitative estimate of drug-likeness (QED) is 0.899. The number of unbranched alkanes of at least 4 members (excludes halogenated alkanes) is 1. The minimum Gasteiger partial charge on any atom is -0.393 e. The number of nitrogens with zero attached hydrogens (tertiary/aromatic N) is 2. The Morgan fingerprint density at radius 1 is 1.33 bits per heavy atom. The average Bonchev–Trinajstić information content (AvgIpc) is 2.57. The van der Waals surface area contributed by atoms with Crippen LogP contribution in [0.1, 0.15) is 62.2 Å². The number of likely N-dealkylation sites (tertiary alicyclic amines) is 1. The van der Waals surface area contributed by atoms with Gasteiger partial charge in [-0.05, 0) is 62.8 Å².